The number of aromatic nitrogens is 2. The Morgan fingerprint density at radius 2 is 2.26 bits per heavy atom. The summed E-state index contributed by atoms with van der Waals surface area (Å²) in [5, 5.41) is 8.35. The number of anilines is 1. The van der Waals surface area contributed by atoms with E-state index in [9.17, 15) is 0 Å². The minimum absolute atomic E-state index is 0.991. The van der Waals surface area contributed by atoms with Crippen LogP contribution in [0.5, 0.6) is 0 Å². The maximum Gasteiger partial charge on any atom is 0.133 e. The van der Waals surface area contributed by atoms with Gasteiger partial charge in [-0.25, -0.2) is 4.68 Å². The van der Waals surface area contributed by atoms with E-state index in [0.29, 0.717) is 0 Å². The fourth-order valence-electron chi connectivity index (χ4n) is 2.65. The SMILES string of the molecule is CCc1nn(-c2cccc(Br)c2)c2c1CCCCN2. The van der Waals surface area contributed by atoms with E-state index in [0.717, 1.165) is 29.5 Å². The minimum atomic E-state index is 0.991. The van der Waals surface area contributed by atoms with E-state index in [1.807, 2.05) is 6.07 Å². The molecule has 1 aromatic carbocycles. The average molecular weight is 320 g/mol. The first-order valence-corrected chi connectivity index (χ1v) is 7.69. The van der Waals surface area contributed by atoms with Crippen molar-refractivity contribution in [2.24, 2.45) is 0 Å². The van der Waals surface area contributed by atoms with Crippen LogP contribution in [0.15, 0.2) is 28.7 Å². The van der Waals surface area contributed by atoms with Gasteiger partial charge < -0.3 is 5.32 Å². The molecule has 0 aliphatic carbocycles. The van der Waals surface area contributed by atoms with Crippen LogP contribution in [0.25, 0.3) is 5.69 Å². The Morgan fingerprint density at radius 1 is 1.37 bits per heavy atom. The summed E-state index contributed by atoms with van der Waals surface area (Å²) in [6, 6.07) is 8.30. The molecular formula is C15H18BrN3. The number of benzene rings is 1. The number of nitrogens with one attached hydrogen (secondary N) is 1. The van der Waals surface area contributed by atoms with Gasteiger partial charge in [-0.05, 0) is 43.9 Å². The molecule has 0 radical (unpaired) electrons. The monoisotopic (exact) mass is 319 g/mol. The van der Waals surface area contributed by atoms with Crippen LogP contribution >= 0.6 is 15.9 Å². The Morgan fingerprint density at radius 3 is 3.05 bits per heavy atom. The van der Waals surface area contributed by atoms with E-state index < -0.39 is 0 Å². The second-order valence-corrected chi connectivity index (χ2v) is 5.82. The highest BCUT2D eigenvalue weighted by atomic mass is 79.9. The van der Waals surface area contributed by atoms with E-state index in [-0.39, 0.29) is 0 Å². The molecule has 4 heteroatoms. The summed E-state index contributed by atoms with van der Waals surface area (Å²) in [7, 11) is 0. The molecule has 2 heterocycles. The normalized spacial score (nSPS) is 14.6. The van der Waals surface area contributed by atoms with Gasteiger partial charge in [-0.3, -0.25) is 0 Å². The lowest BCUT2D eigenvalue weighted by Gasteiger charge is -2.09. The Hall–Kier alpha value is -1.29. The highest BCUT2D eigenvalue weighted by Crippen LogP contribution is 2.29. The molecular weight excluding hydrogens is 302 g/mol. The van der Waals surface area contributed by atoms with Gasteiger partial charge in [0, 0.05) is 16.6 Å². The van der Waals surface area contributed by atoms with Gasteiger partial charge in [-0.15, -0.1) is 0 Å². The number of nitrogens with zero attached hydrogens (tertiary/aromatic N) is 2. The Kier molecular flexibility index (Phi) is 3.60. The summed E-state index contributed by atoms with van der Waals surface area (Å²) >= 11 is 3.53. The van der Waals surface area contributed by atoms with Gasteiger partial charge in [-0.2, -0.15) is 5.10 Å². The van der Waals surface area contributed by atoms with Crippen LogP contribution < -0.4 is 5.32 Å². The van der Waals surface area contributed by atoms with E-state index >= 15 is 0 Å². The predicted octanol–water partition coefficient (Wildman–Crippen LogP) is 3.95. The summed E-state index contributed by atoms with van der Waals surface area (Å²) < 4.78 is 3.14. The molecule has 2 aromatic rings. The first-order chi connectivity index (χ1) is 9.29. The van der Waals surface area contributed by atoms with Gasteiger partial charge in [0.05, 0.1) is 11.4 Å². The van der Waals surface area contributed by atoms with E-state index in [1.165, 1.54) is 29.9 Å². The molecule has 0 spiro atoms. The van der Waals surface area contributed by atoms with Crippen molar-refractivity contribution in [3.05, 3.63) is 40.0 Å². The van der Waals surface area contributed by atoms with Crippen LogP contribution in [0.4, 0.5) is 5.82 Å². The molecule has 100 valence electrons. The van der Waals surface area contributed by atoms with Crippen molar-refractivity contribution in [1.29, 1.82) is 0 Å². The molecule has 1 N–H and O–H groups in total. The summed E-state index contributed by atoms with van der Waals surface area (Å²) in [6.07, 6.45) is 4.61. The molecule has 1 aliphatic heterocycles. The topological polar surface area (TPSA) is 29.9 Å². The molecule has 3 nitrogen and oxygen atoms in total. The van der Waals surface area contributed by atoms with Gasteiger partial charge in [0.25, 0.3) is 0 Å². The lowest BCUT2D eigenvalue weighted by Crippen LogP contribution is -2.07. The Balaban J connectivity index is 2.13. The number of halogens is 1. The molecule has 0 unspecified atom stereocenters. The fourth-order valence-corrected chi connectivity index (χ4v) is 3.04. The van der Waals surface area contributed by atoms with Gasteiger partial charge in [-0.1, -0.05) is 28.9 Å². The predicted molar refractivity (Wildman–Crippen MR) is 82.1 cm³/mol. The number of rotatable bonds is 2. The van der Waals surface area contributed by atoms with Gasteiger partial charge in [0.1, 0.15) is 5.82 Å². The maximum atomic E-state index is 4.80. The van der Waals surface area contributed by atoms with Crippen LogP contribution in [0.3, 0.4) is 0 Å². The third kappa shape index (κ3) is 2.41. The molecule has 0 fully saturated rings. The first kappa shape index (κ1) is 12.7. The van der Waals surface area contributed by atoms with Crippen molar-refractivity contribution < 1.29 is 0 Å². The van der Waals surface area contributed by atoms with Crippen LogP contribution in [0, 0.1) is 0 Å². The zero-order chi connectivity index (χ0) is 13.2. The van der Waals surface area contributed by atoms with Crippen molar-refractivity contribution in [2.75, 3.05) is 11.9 Å². The molecule has 0 saturated carbocycles. The molecule has 1 aliphatic rings. The molecule has 3 rings (SSSR count). The molecule has 0 amide bonds. The van der Waals surface area contributed by atoms with Crippen molar-refractivity contribution >= 4 is 21.7 Å². The molecule has 19 heavy (non-hydrogen) atoms. The number of fused-ring (bicyclic) bond motifs is 1. The summed E-state index contributed by atoms with van der Waals surface area (Å²) in [6.45, 7) is 3.22. The Labute approximate surface area is 122 Å². The number of hydrogen-bond donors (Lipinski definition) is 1. The average Bonchev–Trinajstić information content (AvgIpc) is 2.59. The fraction of sp³-hybridized carbons (Fsp3) is 0.400. The lowest BCUT2D eigenvalue weighted by molar-refractivity contribution is 0.765. The van der Waals surface area contributed by atoms with Crippen molar-refractivity contribution in [2.45, 2.75) is 32.6 Å². The zero-order valence-electron chi connectivity index (χ0n) is 11.1. The summed E-state index contributed by atoms with van der Waals surface area (Å²) in [5.74, 6) is 1.19. The summed E-state index contributed by atoms with van der Waals surface area (Å²) in [5.41, 5.74) is 3.74. The van der Waals surface area contributed by atoms with Crippen molar-refractivity contribution in [3.8, 4) is 5.69 Å². The summed E-state index contributed by atoms with van der Waals surface area (Å²) in [4.78, 5) is 0. The molecule has 1 aromatic heterocycles. The van der Waals surface area contributed by atoms with E-state index in [1.54, 1.807) is 0 Å². The molecule has 0 atom stereocenters. The van der Waals surface area contributed by atoms with Gasteiger partial charge in [0.2, 0.25) is 0 Å². The third-order valence-electron chi connectivity index (χ3n) is 3.60. The van der Waals surface area contributed by atoms with Crippen molar-refractivity contribution in [1.82, 2.24) is 9.78 Å². The largest absolute Gasteiger partial charge is 0.370 e. The van der Waals surface area contributed by atoms with E-state index in [2.05, 4.69) is 51.1 Å². The highest BCUT2D eigenvalue weighted by molar-refractivity contribution is 9.10. The van der Waals surface area contributed by atoms with Gasteiger partial charge >= 0.3 is 0 Å². The van der Waals surface area contributed by atoms with Crippen LogP contribution in [0.1, 0.15) is 31.0 Å². The molecule has 0 bridgehead atoms. The lowest BCUT2D eigenvalue weighted by atomic mass is 10.1. The van der Waals surface area contributed by atoms with Gasteiger partial charge in [0.15, 0.2) is 0 Å². The third-order valence-corrected chi connectivity index (χ3v) is 4.09. The zero-order valence-corrected chi connectivity index (χ0v) is 12.7. The van der Waals surface area contributed by atoms with Crippen LogP contribution in [-0.2, 0) is 12.8 Å². The van der Waals surface area contributed by atoms with Crippen molar-refractivity contribution in [3.63, 3.8) is 0 Å². The molecule has 0 saturated heterocycles. The van der Waals surface area contributed by atoms with Crippen LogP contribution in [0.2, 0.25) is 0 Å². The second-order valence-electron chi connectivity index (χ2n) is 4.90. The highest BCUT2D eigenvalue weighted by Gasteiger charge is 2.19. The first-order valence-electron chi connectivity index (χ1n) is 6.90. The smallest absolute Gasteiger partial charge is 0.133 e. The van der Waals surface area contributed by atoms with E-state index in [4.69, 9.17) is 5.10 Å². The van der Waals surface area contributed by atoms with Crippen LogP contribution in [-0.4, -0.2) is 16.3 Å². The maximum absolute atomic E-state index is 4.80. The Bertz CT molecular complexity index is 589. The number of hydrogen-bond acceptors (Lipinski definition) is 2. The quantitative estimate of drug-likeness (QED) is 0.908. The minimum Gasteiger partial charge on any atom is -0.370 e. The standard InChI is InChI=1S/C15H18BrN3/c1-2-14-13-8-3-4-9-17-15(13)19(18-14)12-7-5-6-11(16)10-12/h5-7,10,17H,2-4,8-9H2,1H3. The number of aryl methyl sites for hydroxylation is 1. The second kappa shape index (κ2) is 5.37.